The number of benzene rings is 5. The maximum Gasteiger partial charge on any atom is 0.0159 e. The van der Waals surface area contributed by atoms with E-state index in [4.69, 9.17) is 0 Å². The third-order valence-corrected chi connectivity index (χ3v) is 6.62. The zero-order valence-corrected chi connectivity index (χ0v) is 16.7. The second kappa shape index (κ2) is 5.81. The summed E-state index contributed by atoms with van der Waals surface area (Å²) in [7, 11) is 0. The van der Waals surface area contributed by atoms with Gasteiger partial charge in [0.2, 0.25) is 0 Å². The summed E-state index contributed by atoms with van der Waals surface area (Å²) in [5.74, 6) is 0. The van der Waals surface area contributed by atoms with E-state index in [9.17, 15) is 0 Å². The van der Waals surface area contributed by atoms with Crippen LogP contribution in [-0.2, 0) is 5.41 Å². The highest BCUT2D eigenvalue weighted by Crippen LogP contribution is 2.49. The van der Waals surface area contributed by atoms with Crippen LogP contribution in [0.15, 0.2) is 97.1 Å². The van der Waals surface area contributed by atoms with Gasteiger partial charge < -0.3 is 0 Å². The van der Waals surface area contributed by atoms with Gasteiger partial charge in [-0.1, -0.05) is 86.6 Å². The minimum Gasteiger partial charge on any atom is -0.0619 e. The molecule has 0 N–H and O–H groups in total. The minimum atomic E-state index is 0.0367. The first kappa shape index (κ1) is 16.6. The summed E-state index contributed by atoms with van der Waals surface area (Å²) in [5, 5.41) is 5.18. The van der Waals surface area contributed by atoms with Gasteiger partial charge in [0, 0.05) is 5.41 Å². The van der Waals surface area contributed by atoms with Gasteiger partial charge in [0.25, 0.3) is 0 Å². The van der Waals surface area contributed by atoms with Crippen LogP contribution in [0.25, 0.3) is 43.8 Å². The van der Waals surface area contributed by atoms with E-state index in [1.54, 1.807) is 0 Å². The van der Waals surface area contributed by atoms with E-state index in [-0.39, 0.29) is 5.41 Å². The third-order valence-electron chi connectivity index (χ3n) is 6.62. The molecule has 0 aromatic heterocycles. The largest absolute Gasteiger partial charge is 0.0619 e. The second-order valence-electron chi connectivity index (χ2n) is 8.69. The van der Waals surface area contributed by atoms with Gasteiger partial charge >= 0.3 is 0 Å². The second-order valence-corrected chi connectivity index (χ2v) is 8.69. The van der Waals surface area contributed by atoms with Gasteiger partial charge in [-0.25, -0.2) is 0 Å². The summed E-state index contributed by atoms with van der Waals surface area (Å²) in [5.41, 5.74) is 8.22. The fourth-order valence-corrected chi connectivity index (χ4v) is 5.00. The average molecular weight is 370 g/mol. The number of hydrogen-bond acceptors (Lipinski definition) is 0. The van der Waals surface area contributed by atoms with E-state index >= 15 is 0 Å². The van der Waals surface area contributed by atoms with Crippen molar-refractivity contribution in [2.45, 2.75) is 19.3 Å². The van der Waals surface area contributed by atoms with Crippen LogP contribution >= 0.6 is 0 Å². The van der Waals surface area contributed by atoms with E-state index in [1.807, 2.05) is 0 Å². The Hall–Kier alpha value is -3.38. The molecule has 6 rings (SSSR count). The van der Waals surface area contributed by atoms with Gasteiger partial charge in [0.15, 0.2) is 0 Å². The van der Waals surface area contributed by atoms with Crippen molar-refractivity contribution in [2.24, 2.45) is 0 Å². The molecule has 0 saturated carbocycles. The lowest BCUT2D eigenvalue weighted by Gasteiger charge is -2.22. The zero-order valence-electron chi connectivity index (χ0n) is 16.7. The normalized spacial score (nSPS) is 14.1. The predicted molar refractivity (Wildman–Crippen MR) is 124 cm³/mol. The molecule has 0 fully saturated rings. The highest BCUT2D eigenvalue weighted by atomic mass is 14.4. The highest BCUT2D eigenvalue weighted by molar-refractivity contribution is 5.99. The molecule has 0 heteroatoms. The van der Waals surface area contributed by atoms with Crippen LogP contribution in [0.2, 0.25) is 0 Å². The van der Waals surface area contributed by atoms with Gasteiger partial charge in [-0.05, 0) is 79.2 Å². The van der Waals surface area contributed by atoms with Gasteiger partial charge in [-0.3, -0.25) is 0 Å². The first-order chi connectivity index (χ1) is 14.1. The van der Waals surface area contributed by atoms with Crippen molar-refractivity contribution < 1.29 is 0 Å². The Labute approximate surface area is 171 Å². The van der Waals surface area contributed by atoms with E-state index in [0.717, 1.165) is 0 Å². The fourth-order valence-electron chi connectivity index (χ4n) is 5.00. The van der Waals surface area contributed by atoms with Crippen molar-refractivity contribution in [3.8, 4) is 22.3 Å². The molecule has 0 spiro atoms. The molecule has 0 radical (unpaired) electrons. The van der Waals surface area contributed by atoms with Crippen molar-refractivity contribution in [2.75, 3.05) is 0 Å². The van der Waals surface area contributed by atoms with Gasteiger partial charge in [0.05, 0.1) is 0 Å². The molecule has 29 heavy (non-hydrogen) atoms. The van der Waals surface area contributed by atoms with Crippen LogP contribution in [0.4, 0.5) is 0 Å². The summed E-state index contributed by atoms with van der Waals surface area (Å²) in [6, 6.07) is 35.8. The standard InChI is InChI=1S/C29H22/c1-29(2)27-10-6-5-9-25(27)26-14-13-23(18-28(26)29)21-11-12-22-15-19-7-3-4-8-20(19)16-24(22)17-21/h3-18H,1-2H3. The predicted octanol–water partition coefficient (Wildman–Crippen LogP) is 7.97. The molecule has 1 aliphatic carbocycles. The molecular weight excluding hydrogens is 348 g/mol. The van der Waals surface area contributed by atoms with E-state index in [1.165, 1.54) is 54.9 Å². The van der Waals surface area contributed by atoms with Gasteiger partial charge in [-0.15, -0.1) is 0 Å². The molecule has 0 saturated heterocycles. The highest BCUT2D eigenvalue weighted by Gasteiger charge is 2.35. The maximum atomic E-state index is 2.40. The Morgan fingerprint density at radius 2 is 1.03 bits per heavy atom. The van der Waals surface area contributed by atoms with Crippen molar-refractivity contribution >= 4 is 21.5 Å². The molecule has 0 amide bonds. The molecule has 0 atom stereocenters. The molecule has 0 aliphatic heterocycles. The first-order valence-electron chi connectivity index (χ1n) is 10.3. The number of rotatable bonds is 1. The molecule has 1 aliphatic rings. The van der Waals surface area contributed by atoms with Crippen molar-refractivity contribution in [1.29, 1.82) is 0 Å². The molecule has 138 valence electrons. The molecule has 5 aromatic carbocycles. The molecule has 0 nitrogen and oxygen atoms in total. The monoisotopic (exact) mass is 370 g/mol. The molecule has 0 unspecified atom stereocenters. The lowest BCUT2D eigenvalue weighted by atomic mass is 9.81. The Bertz CT molecular complexity index is 1420. The summed E-state index contributed by atoms with van der Waals surface area (Å²) in [6.45, 7) is 4.68. The summed E-state index contributed by atoms with van der Waals surface area (Å²) in [4.78, 5) is 0. The molecule has 0 heterocycles. The summed E-state index contributed by atoms with van der Waals surface area (Å²) < 4.78 is 0. The SMILES string of the molecule is CC1(C)c2ccccc2-c2ccc(-c3ccc4cc5ccccc5cc4c3)cc21. The minimum absolute atomic E-state index is 0.0367. The molecular formula is C29H22. The van der Waals surface area contributed by atoms with Crippen LogP contribution in [0.3, 0.4) is 0 Å². The van der Waals surface area contributed by atoms with Crippen LogP contribution in [0.5, 0.6) is 0 Å². The van der Waals surface area contributed by atoms with Crippen LogP contribution in [0, 0.1) is 0 Å². The Kier molecular flexibility index (Phi) is 3.32. The first-order valence-corrected chi connectivity index (χ1v) is 10.3. The zero-order chi connectivity index (χ0) is 19.6. The summed E-state index contributed by atoms with van der Waals surface area (Å²) >= 11 is 0. The van der Waals surface area contributed by atoms with Crippen LogP contribution in [0.1, 0.15) is 25.0 Å². The van der Waals surface area contributed by atoms with Crippen LogP contribution < -0.4 is 0 Å². The van der Waals surface area contributed by atoms with Crippen LogP contribution in [-0.4, -0.2) is 0 Å². The summed E-state index contributed by atoms with van der Waals surface area (Å²) in [6.07, 6.45) is 0. The van der Waals surface area contributed by atoms with Crippen molar-refractivity contribution in [3.63, 3.8) is 0 Å². The number of fused-ring (bicyclic) bond motifs is 5. The molecule has 5 aromatic rings. The van der Waals surface area contributed by atoms with E-state index < -0.39 is 0 Å². The van der Waals surface area contributed by atoms with Crippen molar-refractivity contribution in [3.05, 3.63) is 108 Å². The third kappa shape index (κ3) is 2.39. The average Bonchev–Trinajstić information content (AvgIpc) is 2.99. The fraction of sp³-hybridized carbons (Fsp3) is 0.103. The van der Waals surface area contributed by atoms with Gasteiger partial charge in [0.1, 0.15) is 0 Å². The molecule has 0 bridgehead atoms. The Morgan fingerprint density at radius 3 is 1.86 bits per heavy atom. The Morgan fingerprint density at radius 1 is 0.448 bits per heavy atom. The smallest absolute Gasteiger partial charge is 0.0159 e. The topological polar surface area (TPSA) is 0 Å². The van der Waals surface area contributed by atoms with Gasteiger partial charge in [-0.2, -0.15) is 0 Å². The Balaban J connectivity index is 1.52. The van der Waals surface area contributed by atoms with E-state index in [2.05, 4.69) is 111 Å². The lowest BCUT2D eigenvalue weighted by Crippen LogP contribution is -2.14. The maximum absolute atomic E-state index is 2.40. The lowest BCUT2D eigenvalue weighted by molar-refractivity contribution is 0.660. The van der Waals surface area contributed by atoms with E-state index in [0.29, 0.717) is 0 Å². The number of hydrogen-bond donors (Lipinski definition) is 0. The van der Waals surface area contributed by atoms with Crippen molar-refractivity contribution in [1.82, 2.24) is 0 Å². The quantitative estimate of drug-likeness (QED) is 0.262.